The molecule has 0 aromatic heterocycles. The molecule has 18 heavy (non-hydrogen) atoms. The molecule has 0 bridgehead atoms. The summed E-state index contributed by atoms with van der Waals surface area (Å²) in [7, 11) is 0. The minimum Gasteiger partial charge on any atom is -0.772 e. The van der Waals surface area contributed by atoms with E-state index in [1.807, 2.05) is 30.3 Å². The van der Waals surface area contributed by atoms with Crippen molar-refractivity contribution in [3.63, 3.8) is 0 Å². The lowest BCUT2D eigenvalue weighted by molar-refractivity contribution is -0.0640. The highest BCUT2D eigenvalue weighted by Gasteiger charge is 2.33. The molecule has 1 unspecified atom stereocenters. The lowest BCUT2D eigenvalue weighted by Gasteiger charge is -2.38. The van der Waals surface area contributed by atoms with E-state index in [0.29, 0.717) is 6.61 Å². The van der Waals surface area contributed by atoms with E-state index < -0.39 is 16.7 Å². The van der Waals surface area contributed by atoms with Gasteiger partial charge in [0.25, 0.3) is 0 Å². The van der Waals surface area contributed by atoms with Gasteiger partial charge in [-0.05, 0) is 18.4 Å². The summed E-state index contributed by atoms with van der Waals surface area (Å²) < 4.78 is 28.0. The highest BCUT2D eigenvalue weighted by molar-refractivity contribution is 7.79. The summed E-state index contributed by atoms with van der Waals surface area (Å²) >= 11 is -2.04. The molecule has 1 aliphatic carbocycles. The third-order valence-electron chi connectivity index (χ3n) is 3.53. The molecule has 0 heterocycles. The molecular formula is C14H19O3S-. The number of benzene rings is 1. The zero-order valence-corrected chi connectivity index (χ0v) is 11.3. The quantitative estimate of drug-likeness (QED) is 0.771. The first kappa shape index (κ1) is 13.7. The molecular weight excluding hydrogens is 248 g/mol. The smallest absolute Gasteiger partial charge is 0.0790 e. The van der Waals surface area contributed by atoms with Crippen LogP contribution in [-0.4, -0.2) is 20.1 Å². The Balaban J connectivity index is 1.99. The van der Waals surface area contributed by atoms with Crippen LogP contribution in [0.15, 0.2) is 30.3 Å². The maximum atomic E-state index is 11.0. The lowest BCUT2D eigenvalue weighted by atomic mass is 9.86. The third kappa shape index (κ3) is 3.90. The first-order chi connectivity index (χ1) is 8.70. The minimum atomic E-state index is -2.04. The summed E-state index contributed by atoms with van der Waals surface area (Å²) in [6.45, 7) is 0.498. The van der Waals surface area contributed by atoms with Crippen molar-refractivity contribution >= 4 is 11.1 Å². The van der Waals surface area contributed by atoms with Crippen LogP contribution < -0.4 is 0 Å². The van der Waals surface area contributed by atoms with Gasteiger partial charge < -0.3 is 9.29 Å². The molecule has 1 fully saturated rings. The van der Waals surface area contributed by atoms with Gasteiger partial charge in [-0.2, -0.15) is 0 Å². The molecule has 1 atom stereocenters. The second kappa shape index (κ2) is 6.45. The van der Waals surface area contributed by atoms with Gasteiger partial charge in [0.2, 0.25) is 0 Å². The molecule has 1 aliphatic rings. The Kier molecular flexibility index (Phi) is 4.92. The number of rotatable bonds is 5. The van der Waals surface area contributed by atoms with E-state index in [1.165, 1.54) is 6.42 Å². The molecule has 0 spiro atoms. The molecule has 4 heteroatoms. The number of ether oxygens (including phenoxy) is 1. The topological polar surface area (TPSA) is 49.4 Å². The van der Waals surface area contributed by atoms with Crippen LogP contribution in [0.5, 0.6) is 0 Å². The SMILES string of the molecule is O=S([O-])CC1(OCc2ccccc2)CCCCC1. The van der Waals surface area contributed by atoms with Gasteiger partial charge in [0.15, 0.2) is 0 Å². The molecule has 2 rings (SSSR count). The summed E-state index contributed by atoms with van der Waals surface area (Å²) in [6, 6.07) is 9.91. The van der Waals surface area contributed by atoms with Crippen LogP contribution in [-0.2, 0) is 22.4 Å². The molecule has 3 nitrogen and oxygen atoms in total. The van der Waals surface area contributed by atoms with E-state index in [9.17, 15) is 8.76 Å². The van der Waals surface area contributed by atoms with Crippen molar-refractivity contribution in [3.8, 4) is 0 Å². The van der Waals surface area contributed by atoms with Crippen molar-refractivity contribution in [1.29, 1.82) is 0 Å². The maximum absolute atomic E-state index is 11.0. The summed E-state index contributed by atoms with van der Waals surface area (Å²) in [5, 5.41) is 0. The molecule has 0 amide bonds. The van der Waals surface area contributed by atoms with Gasteiger partial charge in [-0.3, -0.25) is 4.21 Å². The largest absolute Gasteiger partial charge is 0.772 e. The minimum absolute atomic E-state index is 0.125. The van der Waals surface area contributed by atoms with Gasteiger partial charge in [0.05, 0.1) is 12.2 Å². The maximum Gasteiger partial charge on any atom is 0.0790 e. The molecule has 0 N–H and O–H groups in total. The average Bonchev–Trinajstić information content (AvgIpc) is 2.38. The standard InChI is InChI=1S/C14H20O3S/c15-18(16)12-14(9-5-2-6-10-14)17-11-13-7-3-1-4-8-13/h1,3-4,7-8H,2,5-6,9-12H2,(H,15,16)/p-1. The average molecular weight is 267 g/mol. The van der Waals surface area contributed by atoms with Crippen molar-refractivity contribution < 1.29 is 13.5 Å². The Hall–Kier alpha value is -0.710. The molecule has 1 aromatic rings. The second-order valence-electron chi connectivity index (χ2n) is 4.97. The van der Waals surface area contributed by atoms with E-state index in [1.54, 1.807) is 0 Å². The summed E-state index contributed by atoms with van der Waals surface area (Å²) in [5.41, 5.74) is 0.639. The van der Waals surface area contributed by atoms with E-state index in [4.69, 9.17) is 4.74 Å². The van der Waals surface area contributed by atoms with Crippen LogP contribution in [0, 0.1) is 0 Å². The summed E-state index contributed by atoms with van der Waals surface area (Å²) in [6.07, 6.45) is 5.02. The van der Waals surface area contributed by atoms with Crippen molar-refractivity contribution in [1.82, 2.24) is 0 Å². The summed E-state index contributed by atoms with van der Waals surface area (Å²) in [5.74, 6) is 0.125. The van der Waals surface area contributed by atoms with Crippen LogP contribution >= 0.6 is 0 Å². The van der Waals surface area contributed by atoms with Crippen LogP contribution in [0.1, 0.15) is 37.7 Å². The molecule has 0 aliphatic heterocycles. The van der Waals surface area contributed by atoms with E-state index in [-0.39, 0.29) is 5.75 Å². The Labute approximate surface area is 111 Å². The Morgan fingerprint density at radius 2 is 1.83 bits per heavy atom. The van der Waals surface area contributed by atoms with Crippen LogP contribution in [0.4, 0.5) is 0 Å². The molecule has 1 saturated carbocycles. The Morgan fingerprint density at radius 1 is 1.17 bits per heavy atom. The zero-order valence-electron chi connectivity index (χ0n) is 10.5. The fraction of sp³-hybridized carbons (Fsp3) is 0.571. The Morgan fingerprint density at radius 3 is 2.44 bits per heavy atom. The van der Waals surface area contributed by atoms with Crippen molar-refractivity contribution in [2.75, 3.05) is 5.75 Å². The molecule has 0 saturated heterocycles. The van der Waals surface area contributed by atoms with Gasteiger partial charge in [0, 0.05) is 5.75 Å². The van der Waals surface area contributed by atoms with Gasteiger partial charge in [0.1, 0.15) is 0 Å². The molecule has 1 aromatic carbocycles. The van der Waals surface area contributed by atoms with Crippen LogP contribution in [0.3, 0.4) is 0 Å². The lowest BCUT2D eigenvalue weighted by Crippen LogP contribution is -2.40. The van der Waals surface area contributed by atoms with Gasteiger partial charge in [-0.15, -0.1) is 0 Å². The number of hydrogen-bond acceptors (Lipinski definition) is 3. The van der Waals surface area contributed by atoms with Gasteiger partial charge in [-0.1, -0.05) is 60.7 Å². The summed E-state index contributed by atoms with van der Waals surface area (Å²) in [4.78, 5) is 0. The first-order valence-electron chi connectivity index (χ1n) is 6.44. The van der Waals surface area contributed by atoms with E-state index >= 15 is 0 Å². The highest BCUT2D eigenvalue weighted by Crippen LogP contribution is 2.33. The Bertz CT molecular complexity index is 385. The number of hydrogen-bond donors (Lipinski definition) is 0. The van der Waals surface area contributed by atoms with Crippen molar-refractivity contribution in [2.45, 2.75) is 44.3 Å². The van der Waals surface area contributed by atoms with Gasteiger partial charge >= 0.3 is 0 Å². The zero-order chi connectivity index (χ0) is 12.8. The fourth-order valence-corrected chi connectivity index (χ4v) is 3.35. The van der Waals surface area contributed by atoms with E-state index in [2.05, 4.69) is 0 Å². The highest BCUT2D eigenvalue weighted by atomic mass is 32.2. The monoisotopic (exact) mass is 267 g/mol. The van der Waals surface area contributed by atoms with Gasteiger partial charge in [-0.25, -0.2) is 0 Å². The normalized spacial score (nSPS) is 20.5. The van der Waals surface area contributed by atoms with Crippen molar-refractivity contribution in [2.24, 2.45) is 0 Å². The molecule has 100 valence electrons. The third-order valence-corrected chi connectivity index (χ3v) is 4.30. The van der Waals surface area contributed by atoms with Crippen LogP contribution in [0.25, 0.3) is 0 Å². The predicted octanol–water partition coefficient (Wildman–Crippen LogP) is 2.79. The first-order valence-corrected chi connectivity index (χ1v) is 7.68. The van der Waals surface area contributed by atoms with Crippen LogP contribution in [0.2, 0.25) is 0 Å². The fourth-order valence-electron chi connectivity index (χ4n) is 2.55. The second-order valence-corrected chi connectivity index (χ2v) is 5.86. The van der Waals surface area contributed by atoms with Crippen molar-refractivity contribution in [3.05, 3.63) is 35.9 Å². The predicted molar refractivity (Wildman–Crippen MR) is 70.8 cm³/mol. The molecule has 0 radical (unpaired) electrons. The van der Waals surface area contributed by atoms with E-state index in [0.717, 1.165) is 31.2 Å².